The molecule has 0 aliphatic rings. The fourth-order valence-corrected chi connectivity index (χ4v) is 3.55. The number of carbonyl (C=O) groups excluding carboxylic acids is 1. The predicted molar refractivity (Wildman–Crippen MR) is 119 cm³/mol. The van der Waals surface area contributed by atoms with E-state index in [-0.39, 0.29) is 0 Å². The highest BCUT2D eigenvalue weighted by Gasteiger charge is 2.17. The van der Waals surface area contributed by atoms with Gasteiger partial charge in [-0.3, -0.25) is 4.68 Å². The molecule has 2 aromatic carbocycles. The number of carbonyl (C=O) groups is 1. The minimum atomic E-state index is -0.417. The Morgan fingerprint density at radius 1 is 1.07 bits per heavy atom. The normalized spacial score (nSPS) is 10.6. The number of aryl methyl sites for hydroxylation is 1. The molecule has 30 heavy (non-hydrogen) atoms. The topological polar surface area (TPSA) is 77.4 Å². The van der Waals surface area contributed by atoms with Crippen molar-refractivity contribution in [2.24, 2.45) is 0 Å². The average Bonchev–Trinajstić information content (AvgIpc) is 2.98. The molecule has 3 aromatic rings. The van der Waals surface area contributed by atoms with Crippen molar-refractivity contribution in [1.82, 2.24) is 9.78 Å². The van der Waals surface area contributed by atoms with Crippen molar-refractivity contribution in [3.8, 4) is 11.5 Å². The molecule has 2 N–H and O–H groups in total. The Kier molecular flexibility index (Phi) is 6.74. The number of nitrogens with one attached hydrogen (secondary N) is 2. The van der Waals surface area contributed by atoms with Gasteiger partial charge in [-0.25, -0.2) is 4.79 Å². The molecule has 0 aliphatic heterocycles. The first-order chi connectivity index (χ1) is 14.3. The van der Waals surface area contributed by atoms with Gasteiger partial charge in [-0.1, -0.05) is 29.3 Å². The van der Waals surface area contributed by atoms with Gasteiger partial charge in [0.1, 0.15) is 11.5 Å². The number of ether oxygens (including phenoxy) is 2. The van der Waals surface area contributed by atoms with Gasteiger partial charge in [0, 0.05) is 21.7 Å². The predicted octanol–water partition coefficient (Wildman–Crippen LogP) is 5.52. The van der Waals surface area contributed by atoms with Crippen molar-refractivity contribution in [1.29, 1.82) is 0 Å². The molecule has 3 rings (SSSR count). The summed E-state index contributed by atoms with van der Waals surface area (Å²) in [6.07, 6.45) is 0. The Morgan fingerprint density at radius 2 is 1.77 bits per heavy atom. The molecule has 0 spiro atoms. The summed E-state index contributed by atoms with van der Waals surface area (Å²) >= 11 is 12.6. The molecule has 0 saturated carbocycles. The van der Waals surface area contributed by atoms with E-state index in [2.05, 4.69) is 15.7 Å². The second-order valence-electron chi connectivity index (χ2n) is 6.55. The van der Waals surface area contributed by atoms with E-state index >= 15 is 0 Å². The van der Waals surface area contributed by atoms with Gasteiger partial charge in [-0.05, 0) is 38.1 Å². The first kappa shape index (κ1) is 21.8. The zero-order valence-electron chi connectivity index (χ0n) is 17.0. The third-order valence-corrected chi connectivity index (χ3v) is 5.35. The summed E-state index contributed by atoms with van der Waals surface area (Å²) in [5.74, 6) is 1.12. The quantitative estimate of drug-likeness (QED) is 0.520. The van der Waals surface area contributed by atoms with Crippen LogP contribution in [0.5, 0.6) is 11.5 Å². The molecule has 0 aliphatic carbocycles. The van der Waals surface area contributed by atoms with Gasteiger partial charge < -0.3 is 20.1 Å². The number of benzene rings is 2. The smallest absolute Gasteiger partial charge is 0.323 e. The van der Waals surface area contributed by atoms with Gasteiger partial charge in [0.05, 0.1) is 43.5 Å². The number of halogens is 2. The van der Waals surface area contributed by atoms with Crippen molar-refractivity contribution in [2.45, 2.75) is 20.4 Å². The highest BCUT2D eigenvalue weighted by atomic mass is 35.5. The van der Waals surface area contributed by atoms with Crippen LogP contribution in [-0.2, 0) is 6.54 Å². The van der Waals surface area contributed by atoms with Crippen molar-refractivity contribution in [3.63, 3.8) is 0 Å². The molecule has 0 saturated heterocycles. The highest BCUT2D eigenvalue weighted by molar-refractivity contribution is 6.36. The van der Waals surface area contributed by atoms with Crippen molar-refractivity contribution < 1.29 is 14.3 Å². The maximum Gasteiger partial charge on any atom is 0.323 e. The maximum atomic E-state index is 12.6. The number of anilines is 2. The number of urea groups is 1. The largest absolute Gasteiger partial charge is 0.497 e. The molecule has 7 nitrogen and oxygen atoms in total. The third kappa shape index (κ3) is 4.63. The van der Waals surface area contributed by atoms with Crippen LogP contribution < -0.4 is 20.1 Å². The number of hydrogen-bond donors (Lipinski definition) is 2. The Bertz CT molecular complexity index is 1060. The summed E-state index contributed by atoms with van der Waals surface area (Å²) in [4.78, 5) is 12.6. The molecule has 0 fully saturated rings. The molecule has 1 heterocycles. The maximum absolute atomic E-state index is 12.6. The second kappa shape index (κ2) is 9.28. The van der Waals surface area contributed by atoms with Crippen molar-refractivity contribution in [2.75, 3.05) is 24.9 Å². The van der Waals surface area contributed by atoms with Gasteiger partial charge in [0.25, 0.3) is 0 Å². The SMILES string of the molecule is COc1ccc(NC(=O)Nc2c(C)nn(Cc3c(Cl)cccc3Cl)c2C)c(OC)c1. The summed E-state index contributed by atoms with van der Waals surface area (Å²) in [5, 5.41) is 11.3. The monoisotopic (exact) mass is 448 g/mol. The Balaban J connectivity index is 1.78. The summed E-state index contributed by atoms with van der Waals surface area (Å²) in [6, 6.07) is 10.1. The Hall–Kier alpha value is -2.90. The number of nitrogens with zero attached hydrogens (tertiary/aromatic N) is 2. The summed E-state index contributed by atoms with van der Waals surface area (Å²) < 4.78 is 12.2. The van der Waals surface area contributed by atoms with Crippen LogP contribution in [-0.4, -0.2) is 30.0 Å². The second-order valence-corrected chi connectivity index (χ2v) is 7.36. The summed E-state index contributed by atoms with van der Waals surface area (Å²) in [6.45, 7) is 4.08. The molecular weight excluding hydrogens is 427 g/mol. The van der Waals surface area contributed by atoms with Gasteiger partial charge >= 0.3 is 6.03 Å². The zero-order chi connectivity index (χ0) is 21.8. The molecule has 1 aromatic heterocycles. The minimum absolute atomic E-state index is 0.390. The molecule has 0 bridgehead atoms. The number of methoxy groups -OCH3 is 2. The molecule has 2 amide bonds. The van der Waals surface area contributed by atoms with Gasteiger partial charge in [0.15, 0.2) is 0 Å². The molecular formula is C21H22Cl2N4O3. The standard InChI is InChI=1S/C21H22Cl2N4O3/c1-12-20(13(2)27(26-12)11-15-16(22)6-5-7-17(15)23)25-21(28)24-18-9-8-14(29-3)10-19(18)30-4/h5-10H,11H2,1-4H3,(H2,24,25,28). The zero-order valence-corrected chi connectivity index (χ0v) is 18.6. The van der Waals surface area contributed by atoms with E-state index in [1.54, 1.807) is 48.2 Å². The number of aromatic nitrogens is 2. The minimum Gasteiger partial charge on any atom is -0.497 e. The van der Waals surface area contributed by atoms with Crippen molar-refractivity contribution >= 4 is 40.6 Å². The van der Waals surface area contributed by atoms with E-state index in [9.17, 15) is 4.79 Å². The van der Waals surface area contributed by atoms with Crippen LogP contribution >= 0.6 is 23.2 Å². The van der Waals surface area contributed by atoms with E-state index < -0.39 is 6.03 Å². The highest BCUT2D eigenvalue weighted by Crippen LogP contribution is 2.30. The van der Waals surface area contributed by atoms with Crippen LogP contribution in [0.25, 0.3) is 0 Å². The third-order valence-electron chi connectivity index (χ3n) is 4.65. The lowest BCUT2D eigenvalue weighted by molar-refractivity contribution is 0.262. The number of amides is 2. The molecule has 0 unspecified atom stereocenters. The van der Waals surface area contributed by atoms with Crippen molar-refractivity contribution in [3.05, 3.63) is 63.4 Å². The molecule has 0 radical (unpaired) electrons. The molecule has 9 heteroatoms. The van der Waals surface area contributed by atoms with E-state index in [0.29, 0.717) is 45.2 Å². The summed E-state index contributed by atoms with van der Waals surface area (Å²) in [7, 11) is 3.09. The Morgan fingerprint density at radius 3 is 2.40 bits per heavy atom. The lowest BCUT2D eigenvalue weighted by atomic mass is 10.2. The number of hydrogen-bond acceptors (Lipinski definition) is 4. The Labute approximate surface area is 184 Å². The van der Waals surface area contributed by atoms with Gasteiger partial charge in [-0.15, -0.1) is 0 Å². The average molecular weight is 449 g/mol. The lowest BCUT2D eigenvalue weighted by Crippen LogP contribution is -2.20. The van der Waals surface area contributed by atoms with Crippen LogP contribution in [0.2, 0.25) is 10.0 Å². The first-order valence-electron chi connectivity index (χ1n) is 9.11. The van der Waals surface area contributed by atoms with E-state index in [0.717, 1.165) is 11.3 Å². The fraction of sp³-hybridized carbons (Fsp3) is 0.238. The van der Waals surface area contributed by atoms with Crippen LogP contribution in [0.4, 0.5) is 16.2 Å². The van der Waals surface area contributed by atoms with Gasteiger partial charge in [-0.2, -0.15) is 5.10 Å². The molecule has 0 atom stereocenters. The van der Waals surface area contributed by atoms with E-state index in [1.807, 2.05) is 13.8 Å². The first-order valence-corrected chi connectivity index (χ1v) is 9.86. The molecule has 158 valence electrons. The van der Waals surface area contributed by atoms with Gasteiger partial charge in [0.2, 0.25) is 0 Å². The van der Waals surface area contributed by atoms with E-state index in [1.165, 1.54) is 7.11 Å². The lowest BCUT2D eigenvalue weighted by Gasteiger charge is -2.13. The summed E-state index contributed by atoms with van der Waals surface area (Å²) in [5.41, 5.74) is 3.35. The number of rotatable bonds is 6. The van der Waals surface area contributed by atoms with E-state index in [4.69, 9.17) is 32.7 Å². The van der Waals surface area contributed by atoms with Crippen LogP contribution in [0.1, 0.15) is 17.0 Å². The van der Waals surface area contributed by atoms with Crippen LogP contribution in [0.15, 0.2) is 36.4 Å². The van der Waals surface area contributed by atoms with Crippen LogP contribution in [0.3, 0.4) is 0 Å². The van der Waals surface area contributed by atoms with Crippen LogP contribution in [0, 0.1) is 13.8 Å². The fourth-order valence-electron chi connectivity index (χ4n) is 3.03.